The fraction of sp³-hybridized carbons (Fsp3) is 0.600. The van der Waals surface area contributed by atoms with Crippen LogP contribution in [0.1, 0.15) is 43.2 Å². The van der Waals surface area contributed by atoms with Gasteiger partial charge in [0.05, 0.1) is 18.1 Å². The van der Waals surface area contributed by atoms with Crippen LogP contribution >= 0.6 is 0 Å². The Balaban J connectivity index is 1.50. The molecule has 0 saturated carbocycles. The Morgan fingerprint density at radius 2 is 1.83 bits per heavy atom. The van der Waals surface area contributed by atoms with Gasteiger partial charge < -0.3 is 9.80 Å². The highest BCUT2D eigenvalue weighted by molar-refractivity contribution is 5.78. The summed E-state index contributed by atoms with van der Waals surface area (Å²) in [4.78, 5) is 17.1. The molecule has 0 spiro atoms. The number of hydrogen-bond donors (Lipinski definition) is 0. The fourth-order valence-corrected chi connectivity index (χ4v) is 4.21. The van der Waals surface area contributed by atoms with Crippen molar-refractivity contribution in [3.8, 4) is 6.07 Å². The molecule has 1 amide bonds. The number of amides is 1. The van der Waals surface area contributed by atoms with E-state index in [0.717, 1.165) is 43.5 Å². The van der Waals surface area contributed by atoms with Crippen molar-refractivity contribution in [2.75, 3.05) is 26.7 Å². The van der Waals surface area contributed by atoms with Gasteiger partial charge in [0.1, 0.15) is 0 Å². The summed E-state index contributed by atoms with van der Waals surface area (Å²) in [5.74, 6) is 0.962. The van der Waals surface area contributed by atoms with Gasteiger partial charge in [-0.3, -0.25) is 4.79 Å². The normalized spacial score (nSPS) is 23.0. The number of nitrogens with zero attached hydrogens (tertiary/aromatic N) is 3. The van der Waals surface area contributed by atoms with Crippen molar-refractivity contribution in [1.82, 2.24) is 9.80 Å². The molecule has 0 N–H and O–H groups in total. The second-order valence-electron chi connectivity index (χ2n) is 7.25. The zero-order valence-electron chi connectivity index (χ0n) is 14.6. The Kier molecular flexibility index (Phi) is 5.52. The van der Waals surface area contributed by atoms with E-state index < -0.39 is 0 Å². The van der Waals surface area contributed by atoms with Gasteiger partial charge in [-0.25, -0.2) is 0 Å². The molecule has 1 unspecified atom stereocenters. The van der Waals surface area contributed by atoms with E-state index in [1.165, 1.54) is 25.8 Å². The second-order valence-corrected chi connectivity index (χ2v) is 7.25. The maximum Gasteiger partial charge on any atom is 0.226 e. The van der Waals surface area contributed by atoms with E-state index in [9.17, 15) is 4.79 Å². The van der Waals surface area contributed by atoms with Gasteiger partial charge >= 0.3 is 0 Å². The van der Waals surface area contributed by atoms with Gasteiger partial charge in [0.15, 0.2) is 0 Å². The molecule has 24 heavy (non-hydrogen) atoms. The maximum atomic E-state index is 12.5. The van der Waals surface area contributed by atoms with Crippen molar-refractivity contribution in [2.45, 2.75) is 44.6 Å². The minimum atomic E-state index is 0.218. The van der Waals surface area contributed by atoms with Crippen LogP contribution in [0.4, 0.5) is 0 Å². The summed E-state index contributed by atoms with van der Waals surface area (Å²) in [7, 11) is 2.26. The Hall–Kier alpha value is -1.86. The first-order valence-corrected chi connectivity index (χ1v) is 9.14. The van der Waals surface area contributed by atoms with Crippen molar-refractivity contribution in [3.05, 3.63) is 35.4 Å². The predicted molar refractivity (Wildman–Crippen MR) is 94.4 cm³/mol. The largest absolute Gasteiger partial charge is 0.342 e. The SMILES string of the molecule is CN1CCCCC1C1CCN(C(=O)Cc2ccc(C#N)cc2)CC1. The highest BCUT2D eigenvalue weighted by Crippen LogP contribution is 2.29. The molecular formula is C20H27N3O. The van der Waals surface area contributed by atoms with Gasteiger partial charge in [-0.1, -0.05) is 18.6 Å². The van der Waals surface area contributed by atoms with Crippen LogP contribution in [0.3, 0.4) is 0 Å². The molecule has 2 heterocycles. The zero-order valence-corrected chi connectivity index (χ0v) is 14.6. The quantitative estimate of drug-likeness (QED) is 0.858. The first kappa shape index (κ1) is 17.0. The maximum absolute atomic E-state index is 12.5. The van der Waals surface area contributed by atoms with Gasteiger partial charge in [0.25, 0.3) is 0 Å². The lowest BCUT2D eigenvalue weighted by atomic mass is 9.84. The molecule has 0 radical (unpaired) electrons. The van der Waals surface area contributed by atoms with Crippen LogP contribution in [0, 0.1) is 17.2 Å². The smallest absolute Gasteiger partial charge is 0.226 e. The lowest BCUT2D eigenvalue weighted by molar-refractivity contribution is -0.132. The van der Waals surface area contributed by atoms with Crippen LogP contribution in [0.25, 0.3) is 0 Å². The van der Waals surface area contributed by atoms with E-state index in [1.54, 1.807) is 12.1 Å². The van der Waals surface area contributed by atoms with E-state index >= 15 is 0 Å². The van der Waals surface area contributed by atoms with Crippen molar-refractivity contribution < 1.29 is 4.79 Å². The van der Waals surface area contributed by atoms with Gasteiger partial charge in [0.2, 0.25) is 5.91 Å². The zero-order chi connectivity index (χ0) is 16.9. The summed E-state index contributed by atoms with van der Waals surface area (Å²) >= 11 is 0. The standard InChI is InChI=1S/C20H27N3O/c1-22-11-3-2-4-19(22)18-9-12-23(13-10-18)20(24)14-16-5-7-17(15-21)8-6-16/h5-8,18-19H,2-4,9-14H2,1H3. The molecule has 2 saturated heterocycles. The summed E-state index contributed by atoms with van der Waals surface area (Å²) in [5.41, 5.74) is 1.64. The summed E-state index contributed by atoms with van der Waals surface area (Å²) in [6.07, 6.45) is 6.71. The third-order valence-corrected chi connectivity index (χ3v) is 5.70. The third-order valence-electron chi connectivity index (χ3n) is 5.70. The van der Waals surface area contributed by atoms with Crippen molar-refractivity contribution >= 4 is 5.91 Å². The van der Waals surface area contributed by atoms with E-state index in [-0.39, 0.29) is 5.91 Å². The number of nitriles is 1. The van der Waals surface area contributed by atoms with Gasteiger partial charge in [-0.05, 0) is 62.9 Å². The number of carbonyl (C=O) groups is 1. The summed E-state index contributed by atoms with van der Waals surface area (Å²) < 4.78 is 0. The minimum Gasteiger partial charge on any atom is -0.342 e. The lowest BCUT2D eigenvalue weighted by Gasteiger charge is -2.42. The topological polar surface area (TPSA) is 47.3 Å². The average molecular weight is 325 g/mol. The number of rotatable bonds is 3. The number of carbonyl (C=O) groups excluding carboxylic acids is 1. The summed E-state index contributed by atoms with van der Waals surface area (Å²) in [6.45, 7) is 3.01. The second kappa shape index (κ2) is 7.81. The minimum absolute atomic E-state index is 0.218. The highest BCUT2D eigenvalue weighted by atomic mass is 16.2. The Bertz CT molecular complexity index is 596. The number of hydrogen-bond acceptors (Lipinski definition) is 3. The van der Waals surface area contributed by atoms with E-state index in [0.29, 0.717) is 12.0 Å². The lowest BCUT2D eigenvalue weighted by Crippen LogP contribution is -2.47. The van der Waals surface area contributed by atoms with Crippen LogP contribution < -0.4 is 0 Å². The van der Waals surface area contributed by atoms with E-state index in [1.807, 2.05) is 17.0 Å². The van der Waals surface area contributed by atoms with E-state index in [4.69, 9.17) is 5.26 Å². The molecule has 2 fully saturated rings. The van der Waals surface area contributed by atoms with Gasteiger partial charge in [-0.2, -0.15) is 5.26 Å². The predicted octanol–water partition coefficient (Wildman–Crippen LogP) is 2.82. The van der Waals surface area contributed by atoms with Crippen LogP contribution in [0.5, 0.6) is 0 Å². The summed E-state index contributed by atoms with van der Waals surface area (Å²) in [5, 5.41) is 8.84. The highest BCUT2D eigenvalue weighted by Gasteiger charge is 2.31. The molecule has 2 aliphatic rings. The first-order valence-electron chi connectivity index (χ1n) is 9.14. The van der Waals surface area contributed by atoms with Crippen LogP contribution in [-0.2, 0) is 11.2 Å². The first-order chi connectivity index (χ1) is 11.7. The number of piperidine rings is 2. The molecule has 1 aromatic carbocycles. The van der Waals surface area contributed by atoms with Crippen LogP contribution in [0.2, 0.25) is 0 Å². The van der Waals surface area contributed by atoms with Crippen molar-refractivity contribution in [2.24, 2.45) is 5.92 Å². The molecule has 1 aromatic rings. The van der Waals surface area contributed by atoms with E-state index in [2.05, 4.69) is 18.0 Å². The Morgan fingerprint density at radius 1 is 1.12 bits per heavy atom. The molecule has 4 nitrogen and oxygen atoms in total. The summed E-state index contributed by atoms with van der Waals surface area (Å²) in [6, 6.07) is 10.2. The molecule has 128 valence electrons. The molecule has 4 heteroatoms. The monoisotopic (exact) mass is 325 g/mol. The van der Waals surface area contributed by atoms with Gasteiger partial charge in [-0.15, -0.1) is 0 Å². The molecule has 2 aliphatic heterocycles. The molecule has 0 aromatic heterocycles. The molecule has 0 aliphatic carbocycles. The van der Waals surface area contributed by atoms with Crippen molar-refractivity contribution in [3.63, 3.8) is 0 Å². The van der Waals surface area contributed by atoms with Gasteiger partial charge in [0, 0.05) is 19.1 Å². The Morgan fingerprint density at radius 3 is 2.46 bits per heavy atom. The number of likely N-dealkylation sites (tertiary alicyclic amines) is 2. The molecule has 1 atom stereocenters. The fourth-order valence-electron chi connectivity index (χ4n) is 4.21. The third kappa shape index (κ3) is 3.96. The average Bonchev–Trinajstić information content (AvgIpc) is 2.63. The van der Waals surface area contributed by atoms with Crippen LogP contribution in [0.15, 0.2) is 24.3 Å². The molecule has 3 rings (SSSR count). The molecular weight excluding hydrogens is 298 g/mol. The Labute approximate surface area is 145 Å². The number of benzene rings is 1. The van der Waals surface area contributed by atoms with Crippen molar-refractivity contribution in [1.29, 1.82) is 5.26 Å². The van der Waals surface area contributed by atoms with Crippen LogP contribution in [-0.4, -0.2) is 48.4 Å². The molecule has 0 bridgehead atoms.